The molecular formula is C15H15NO4. The molecule has 0 fully saturated rings. The molecule has 2 aromatic rings. The molecule has 5 heteroatoms. The van der Waals surface area contributed by atoms with Gasteiger partial charge in [0.2, 0.25) is 0 Å². The molecule has 0 amide bonds. The third-order valence-corrected chi connectivity index (χ3v) is 2.75. The van der Waals surface area contributed by atoms with Gasteiger partial charge in [-0.3, -0.25) is 4.98 Å². The molecule has 0 unspecified atom stereocenters. The van der Waals surface area contributed by atoms with Crippen LogP contribution in [0.25, 0.3) is 0 Å². The van der Waals surface area contributed by atoms with E-state index in [9.17, 15) is 4.79 Å². The molecule has 0 radical (unpaired) electrons. The second-order valence-electron chi connectivity index (χ2n) is 4.09. The Morgan fingerprint density at radius 1 is 1.25 bits per heavy atom. The van der Waals surface area contributed by atoms with E-state index in [4.69, 9.17) is 14.6 Å². The maximum atomic E-state index is 10.9. The van der Waals surface area contributed by atoms with Gasteiger partial charge in [0.1, 0.15) is 0 Å². The van der Waals surface area contributed by atoms with Crippen molar-refractivity contribution in [2.24, 2.45) is 0 Å². The normalized spacial score (nSPS) is 10.1. The molecule has 1 N–H and O–H groups in total. The highest BCUT2D eigenvalue weighted by Crippen LogP contribution is 2.28. The van der Waals surface area contributed by atoms with E-state index in [0.717, 1.165) is 5.69 Å². The van der Waals surface area contributed by atoms with Crippen molar-refractivity contribution in [3.63, 3.8) is 0 Å². The number of benzene rings is 1. The van der Waals surface area contributed by atoms with Crippen molar-refractivity contribution in [3.8, 4) is 11.5 Å². The number of carboxylic acids is 1. The molecule has 0 spiro atoms. The molecule has 20 heavy (non-hydrogen) atoms. The Balaban J connectivity index is 2.00. The van der Waals surface area contributed by atoms with E-state index in [1.165, 1.54) is 19.2 Å². The third kappa shape index (κ3) is 3.47. The average Bonchev–Trinajstić information content (AvgIpc) is 2.48. The van der Waals surface area contributed by atoms with Crippen molar-refractivity contribution in [2.45, 2.75) is 6.42 Å². The molecule has 0 aliphatic heterocycles. The Hall–Kier alpha value is -2.56. The Bertz CT molecular complexity index is 584. The van der Waals surface area contributed by atoms with Crippen LogP contribution in [0.15, 0.2) is 42.6 Å². The van der Waals surface area contributed by atoms with Crippen LogP contribution in [-0.2, 0) is 6.42 Å². The summed E-state index contributed by atoms with van der Waals surface area (Å²) in [5.74, 6) is -0.0670. The first-order chi connectivity index (χ1) is 9.70. The molecule has 0 atom stereocenters. The van der Waals surface area contributed by atoms with Crippen LogP contribution >= 0.6 is 0 Å². The van der Waals surface area contributed by atoms with E-state index in [2.05, 4.69) is 4.98 Å². The number of hydrogen-bond acceptors (Lipinski definition) is 4. The number of aromatic carboxylic acids is 1. The summed E-state index contributed by atoms with van der Waals surface area (Å²) in [7, 11) is 1.48. The number of nitrogens with zero attached hydrogens (tertiary/aromatic N) is 1. The topological polar surface area (TPSA) is 68.7 Å². The van der Waals surface area contributed by atoms with Crippen LogP contribution in [-0.4, -0.2) is 29.8 Å². The van der Waals surface area contributed by atoms with Crippen molar-refractivity contribution in [1.82, 2.24) is 4.98 Å². The highest BCUT2D eigenvalue weighted by Gasteiger charge is 2.09. The van der Waals surface area contributed by atoms with Crippen LogP contribution in [0.1, 0.15) is 16.1 Å². The summed E-state index contributed by atoms with van der Waals surface area (Å²) in [6, 6.07) is 10.2. The van der Waals surface area contributed by atoms with Gasteiger partial charge in [0.15, 0.2) is 11.5 Å². The SMILES string of the molecule is COc1cc(C(=O)O)ccc1OCCc1ccccn1. The number of carbonyl (C=O) groups is 1. The fourth-order valence-corrected chi connectivity index (χ4v) is 1.73. The monoisotopic (exact) mass is 273 g/mol. The Labute approximate surface area is 116 Å². The predicted molar refractivity (Wildman–Crippen MR) is 73.4 cm³/mol. The first-order valence-electron chi connectivity index (χ1n) is 6.14. The fourth-order valence-electron chi connectivity index (χ4n) is 1.73. The number of aromatic nitrogens is 1. The number of rotatable bonds is 6. The molecule has 1 aromatic heterocycles. The molecule has 0 aliphatic carbocycles. The minimum Gasteiger partial charge on any atom is -0.493 e. The summed E-state index contributed by atoms with van der Waals surface area (Å²) in [6.45, 7) is 0.444. The van der Waals surface area contributed by atoms with Gasteiger partial charge < -0.3 is 14.6 Å². The van der Waals surface area contributed by atoms with Crippen LogP contribution in [0.4, 0.5) is 0 Å². The summed E-state index contributed by atoms with van der Waals surface area (Å²) in [5.41, 5.74) is 1.10. The van der Waals surface area contributed by atoms with E-state index in [-0.39, 0.29) is 5.56 Å². The minimum absolute atomic E-state index is 0.166. The Morgan fingerprint density at radius 3 is 2.75 bits per heavy atom. The zero-order valence-electron chi connectivity index (χ0n) is 11.1. The van der Waals surface area contributed by atoms with Gasteiger partial charge in [-0.25, -0.2) is 4.79 Å². The third-order valence-electron chi connectivity index (χ3n) is 2.75. The molecular weight excluding hydrogens is 258 g/mol. The lowest BCUT2D eigenvalue weighted by molar-refractivity contribution is 0.0696. The fraction of sp³-hybridized carbons (Fsp3) is 0.200. The summed E-state index contributed by atoms with van der Waals surface area (Å²) in [4.78, 5) is 15.1. The lowest BCUT2D eigenvalue weighted by Gasteiger charge is -2.11. The molecule has 0 aliphatic rings. The summed E-state index contributed by atoms with van der Waals surface area (Å²) < 4.78 is 10.7. The maximum Gasteiger partial charge on any atom is 0.335 e. The standard InChI is InChI=1S/C15H15NO4/c1-19-14-10-11(15(17)18)5-6-13(14)20-9-7-12-4-2-3-8-16-12/h2-6,8,10H,7,9H2,1H3,(H,17,18). The van der Waals surface area contributed by atoms with Crippen LogP contribution in [0.5, 0.6) is 11.5 Å². The zero-order chi connectivity index (χ0) is 14.4. The molecule has 1 aromatic carbocycles. The smallest absolute Gasteiger partial charge is 0.335 e. The number of methoxy groups -OCH3 is 1. The largest absolute Gasteiger partial charge is 0.493 e. The van der Waals surface area contributed by atoms with Crippen LogP contribution in [0.2, 0.25) is 0 Å². The molecule has 0 bridgehead atoms. The molecule has 0 saturated carbocycles. The number of ether oxygens (including phenoxy) is 2. The average molecular weight is 273 g/mol. The van der Waals surface area contributed by atoms with Gasteiger partial charge in [-0.05, 0) is 30.3 Å². The first kappa shape index (κ1) is 13.9. The molecule has 5 nitrogen and oxygen atoms in total. The van der Waals surface area contributed by atoms with E-state index in [1.54, 1.807) is 12.3 Å². The second-order valence-corrected chi connectivity index (χ2v) is 4.09. The maximum absolute atomic E-state index is 10.9. The highest BCUT2D eigenvalue weighted by molar-refractivity contribution is 5.88. The molecule has 104 valence electrons. The second kappa shape index (κ2) is 6.56. The van der Waals surface area contributed by atoms with E-state index in [0.29, 0.717) is 24.5 Å². The van der Waals surface area contributed by atoms with E-state index < -0.39 is 5.97 Å². The van der Waals surface area contributed by atoms with Gasteiger partial charge in [-0.15, -0.1) is 0 Å². The first-order valence-corrected chi connectivity index (χ1v) is 6.14. The molecule has 0 saturated heterocycles. The molecule has 1 heterocycles. The van der Waals surface area contributed by atoms with Crippen molar-refractivity contribution < 1.29 is 19.4 Å². The van der Waals surface area contributed by atoms with Gasteiger partial charge in [0.25, 0.3) is 0 Å². The lowest BCUT2D eigenvalue weighted by atomic mass is 10.2. The van der Waals surface area contributed by atoms with Crippen LogP contribution < -0.4 is 9.47 Å². The Kier molecular flexibility index (Phi) is 4.55. The van der Waals surface area contributed by atoms with Crippen molar-refractivity contribution >= 4 is 5.97 Å². The van der Waals surface area contributed by atoms with Gasteiger partial charge in [0, 0.05) is 18.3 Å². The van der Waals surface area contributed by atoms with Gasteiger partial charge >= 0.3 is 5.97 Å². The summed E-state index contributed by atoms with van der Waals surface area (Å²) >= 11 is 0. The van der Waals surface area contributed by atoms with Crippen LogP contribution in [0, 0.1) is 0 Å². The number of pyridine rings is 1. The van der Waals surface area contributed by atoms with Crippen molar-refractivity contribution in [1.29, 1.82) is 0 Å². The van der Waals surface area contributed by atoms with E-state index >= 15 is 0 Å². The van der Waals surface area contributed by atoms with Gasteiger partial charge in [-0.1, -0.05) is 6.07 Å². The summed E-state index contributed by atoms with van der Waals surface area (Å²) in [6.07, 6.45) is 2.41. The quantitative estimate of drug-likeness (QED) is 0.875. The lowest BCUT2D eigenvalue weighted by Crippen LogP contribution is -2.05. The van der Waals surface area contributed by atoms with Gasteiger partial charge in [0.05, 0.1) is 19.3 Å². The van der Waals surface area contributed by atoms with Crippen LogP contribution in [0.3, 0.4) is 0 Å². The van der Waals surface area contributed by atoms with Gasteiger partial charge in [-0.2, -0.15) is 0 Å². The van der Waals surface area contributed by atoms with Crippen molar-refractivity contribution in [2.75, 3.05) is 13.7 Å². The molecule has 2 rings (SSSR count). The Morgan fingerprint density at radius 2 is 2.10 bits per heavy atom. The van der Waals surface area contributed by atoms with Crippen molar-refractivity contribution in [3.05, 3.63) is 53.9 Å². The highest BCUT2D eigenvalue weighted by atomic mass is 16.5. The summed E-state index contributed by atoms with van der Waals surface area (Å²) in [5, 5.41) is 8.92. The number of hydrogen-bond donors (Lipinski definition) is 1. The zero-order valence-corrected chi connectivity index (χ0v) is 11.1. The minimum atomic E-state index is -0.997. The van der Waals surface area contributed by atoms with E-state index in [1.807, 2.05) is 18.2 Å². The number of carboxylic acid groups (broad SMARTS) is 1. The predicted octanol–water partition coefficient (Wildman–Crippen LogP) is 2.41.